The number of aryl methyl sites for hydroxylation is 1. The van der Waals surface area contributed by atoms with Gasteiger partial charge in [0, 0.05) is 16.5 Å². The molecule has 0 unspecified atom stereocenters. The molecule has 6 nitrogen and oxygen atoms in total. The summed E-state index contributed by atoms with van der Waals surface area (Å²) in [6.45, 7) is 4.94. The molecule has 2 aromatic rings. The molecule has 25 heavy (non-hydrogen) atoms. The van der Waals surface area contributed by atoms with Crippen molar-refractivity contribution in [1.29, 1.82) is 0 Å². The molecule has 0 fully saturated rings. The molecule has 0 spiro atoms. The Hall–Kier alpha value is -2.81. The van der Waals surface area contributed by atoms with E-state index in [9.17, 15) is 14.4 Å². The predicted octanol–water partition coefficient (Wildman–Crippen LogP) is 3.36. The molecule has 0 aliphatic heterocycles. The van der Waals surface area contributed by atoms with Gasteiger partial charge in [0.2, 0.25) is 12.2 Å². The van der Waals surface area contributed by atoms with Crippen LogP contribution in [-0.2, 0) is 9.59 Å². The molecular formula is C19H23N3O3. The molecule has 0 bridgehead atoms. The number of nitrogens with one attached hydrogen (secondary N) is 1. The summed E-state index contributed by atoms with van der Waals surface area (Å²) in [5.74, 6) is 0. The third kappa shape index (κ3) is 7.08. The number of isocyanates is 2. The lowest BCUT2D eigenvalue weighted by molar-refractivity contribution is 0.558. The minimum absolute atomic E-state index is 0.0104. The van der Waals surface area contributed by atoms with E-state index in [0.717, 1.165) is 47.7 Å². The first-order chi connectivity index (χ1) is 12.1. The molecule has 0 amide bonds. The standard InChI is InChI=1S/C11H11NO.C8H12N2O2/c1-7-8(2)11(13)12-10-6-4-3-5-9(7)10;11-7-9-5-3-1-2-4-6-10-8-12/h3-6H,1-2H3,(H,12,13);1-6H2. The van der Waals surface area contributed by atoms with Gasteiger partial charge in [0.1, 0.15) is 0 Å². The summed E-state index contributed by atoms with van der Waals surface area (Å²) in [6, 6.07) is 7.84. The Balaban J connectivity index is 0.000000252. The van der Waals surface area contributed by atoms with Crippen molar-refractivity contribution in [3.63, 3.8) is 0 Å². The van der Waals surface area contributed by atoms with Crippen molar-refractivity contribution in [2.24, 2.45) is 9.98 Å². The van der Waals surface area contributed by atoms with Gasteiger partial charge in [-0.1, -0.05) is 31.0 Å². The Bertz CT molecular complexity index is 807. The molecular weight excluding hydrogens is 318 g/mol. The van der Waals surface area contributed by atoms with Crippen LogP contribution in [-0.4, -0.2) is 30.2 Å². The summed E-state index contributed by atoms with van der Waals surface area (Å²) < 4.78 is 0. The van der Waals surface area contributed by atoms with E-state index in [4.69, 9.17) is 0 Å². The van der Waals surface area contributed by atoms with Crippen LogP contribution in [0, 0.1) is 13.8 Å². The Morgan fingerprint density at radius 2 is 1.44 bits per heavy atom. The molecule has 0 atom stereocenters. The van der Waals surface area contributed by atoms with Crippen LogP contribution < -0.4 is 5.56 Å². The number of rotatable bonds is 7. The summed E-state index contributed by atoms with van der Waals surface area (Å²) in [5.41, 5.74) is 2.80. The lowest BCUT2D eigenvalue weighted by Crippen LogP contribution is -2.10. The van der Waals surface area contributed by atoms with Crippen LogP contribution in [0.5, 0.6) is 0 Å². The van der Waals surface area contributed by atoms with E-state index in [1.807, 2.05) is 38.1 Å². The summed E-state index contributed by atoms with van der Waals surface area (Å²) in [7, 11) is 0. The van der Waals surface area contributed by atoms with Crippen molar-refractivity contribution in [2.75, 3.05) is 13.1 Å². The van der Waals surface area contributed by atoms with Gasteiger partial charge in [-0.3, -0.25) is 4.79 Å². The summed E-state index contributed by atoms with van der Waals surface area (Å²) >= 11 is 0. The monoisotopic (exact) mass is 341 g/mol. The zero-order valence-electron chi connectivity index (χ0n) is 14.7. The van der Waals surface area contributed by atoms with E-state index in [1.165, 1.54) is 12.2 Å². The van der Waals surface area contributed by atoms with Crippen LogP contribution in [0.1, 0.15) is 36.8 Å². The van der Waals surface area contributed by atoms with Gasteiger partial charge in [-0.2, -0.15) is 0 Å². The second-order valence-electron chi connectivity index (χ2n) is 5.61. The van der Waals surface area contributed by atoms with E-state index in [0.29, 0.717) is 13.1 Å². The number of aromatic amines is 1. The van der Waals surface area contributed by atoms with Gasteiger partial charge in [0.25, 0.3) is 5.56 Å². The number of para-hydroxylation sites is 1. The Morgan fingerprint density at radius 1 is 0.880 bits per heavy atom. The number of pyridine rings is 1. The van der Waals surface area contributed by atoms with E-state index < -0.39 is 0 Å². The first-order valence-corrected chi connectivity index (χ1v) is 8.27. The molecule has 1 heterocycles. The molecule has 1 N–H and O–H groups in total. The zero-order chi connectivity index (χ0) is 18.5. The van der Waals surface area contributed by atoms with Gasteiger partial charge in [-0.25, -0.2) is 19.6 Å². The number of hydrogen-bond acceptors (Lipinski definition) is 5. The second-order valence-corrected chi connectivity index (χ2v) is 5.61. The lowest BCUT2D eigenvalue weighted by atomic mass is 10.1. The van der Waals surface area contributed by atoms with E-state index in [-0.39, 0.29) is 5.56 Å². The largest absolute Gasteiger partial charge is 0.322 e. The lowest BCUT2D eigenvalue weighted by Gasteiger charge is -2.03. The van der Waals surface area contributed by atoms with Crippen LogP contribution in [0.15, 0.2) is 39.0 Å². The molecule has 0 saturated carbocycles. The molecule has 0 aliphatic carbocycles. The normalized spacial score (nSPS) is 9.52. The first-order valence-electron chi connectivity index (χ1n) is 8.27. The van der Waals surface area contributed by atoms with Gasteiger partial charge < -0.3 is 4.98 Å². The second kappa shape index (κ2) is 11.7. The van der Waals surface area contributed by atoms with Crippen molar-refractivity contribution in [3.05, 3.63) is 45.7 Å². The fourth-order valence-corrected chi connectivity index (χ4v) is 2.33. The van der Waals surface area contributed by atoms with Crippen LogP contribution in [0.4, 0.5) is 0 Å². The highest BCUT2D eigenvalue weighted by molar-refractivity contribution is 5.82. The van der Waals surface area contributed by atoms with E-state index in [1.54, 1.807) is 0 Å². The highest BCUT2D eigenvalue weighted by Crippen LogP contribution is 2.15. The molecule has 0 aliphatic rings. The summed E-state index contributed by atoms with van der Waals surface area (Å²) in [5, 5.41) is 1.12. The number of hydrogen-bond donors (Lipinski definition) is 1. The third-order valence-corrected chi connectivity index (χ3v) is 3.90. The van der Waals surface area contributed by atoms with Gasteiger partial charge in [-0.15, -0.1) is 0 Å². The average molecular weight is 341 g/mol. The third-order valence-electron chi connectivity index (χ3n) is 3.90. The maximum Gasteiger partial charge on any atom is 0.251 e. The minimum Gasteiger partial charge on any atom is -0.322 e. The molecule has 2 rings (SSSR count). The highest BCUT2D eigenvalue weighted by atomic mass is 16.1. The zero-order valence-corrected chi connectivity index (χ0v) is 14.7. The number of unbranched alkanes of at least 4 members (excludes halogenated alkanes) is 3. The Kier molecular flexibility index (Phi) is 9.46. The van der Waals surface area contributed by atoms with E-state index >= 15 is 0 Å². The van der Waals surface area contributed by atoms with Gasteiger partial charge in [0.15, 0.2) is 0 Å². The molecule has 6 heteroatoms. The van der Waals surface area contributed by atoms with Crippen LogP contribution in [0.25, 0.3) is 10.9 Å². The fraction of sp³-hybridized carbons (Fsp3) is 0.421. The number of H-pyrrole nitrogens is 1. The van der Waals surface area contributed by atoms with Crippen molar-refractivity contribution in [3.8, 4) is 0 Å². The van der Waals surface area contributed by atoms with Crippen molar-refractivity contribution >= 4 is 23.1 Å². The first kappa shape index (κ1) is 20.2. The average Bonchev–Trinajstić information content (AvgIpc) is 2.63. The van der Waals surface area contributed by atoms with Crippen LogP contribution in [0.2, 0.25) is 0 Å². The SMILES string of the molecule is Cc1c(C)c2ccccc2[nH]c1=O.O=C=NCCCCCCN=C=O. The van der Waals surface area contributed by atoms with Crippen molar-refractivity contribution < 1.29 is 9.59 Å². The number of aromatic nitrogens is 1. The van der Waals surface area contributed by atoms with Crippen molar-refractivity contribution in [1.82, 2.24) is 4.98 Å². The Morgan fingerprint density at radius 3 is 2.00 bits per heavy atom. The maximum absolute atomic E-state index is 11.4. The smallest absolute Gasteiger partial charge is 0.251 e. The minimum atomic E-state index is 0.0104. The molecule has 0 saturated heterocycles. The predicted molar refractivity (Wildman–Crippen MR) is 98.5 cm³/mol. The summed E-state index contributed by atoms with van der Waals surface area (Å²) in [6.07, 6.45) is 6.80. The molecule has 1 aromatic carbocycles. The quantitative estimate of drug-likeness (QED) is 0.475. The topological polar surface area (TPSA) is 91.7 Å². The molecule has 132 valence electrons. The van der Waals surface area contributed by atoms with E-state index in [2.05, 4.69) is 15.0 Å². The number of benzene rings is 1. The fourth-order valence-electron chi connectivity index (χ4n) is 2.33. The van der Waals surface area contributed by atoms with Gasteiger partial charge in [0.05, 0.1) is 13.1 Å². The van der Waals surface area contributed by atoms with Gasteiger partial charge in [-0.05, 0) is 38.3 Å². The maximum atomic E-state index is 11.4. The van der Waals surface area contributed by atoms with Gasteiger partial charge >= 0.3 is 0 Å². The number of fused-ring (bicyclic) bond motifs is 1. The number of carbonyl (C=O) groups excluding carboxylic acids is 2. The Labute approximate surface area is 146 Å². The number of aliphatic imine (C=N–C) groups is 2. The summed E-state index contributed by atoms with van der Waals surface area (Å²) in [4.78, 5) is 40.3. The van der Waals surface area contributed by atoms with Crippen LogP contribution in [0.3, 0.4) is 0 Å². The van der Waals surface area contributed by atoms with Crippen molar-refractivity contribution in [2.45, 2.75) is 39.5 Å². The van der Waals surface area contributed by atoms with Crippen LogP contribution >= 0.6 is 0 Å². The number of nitrogens with zero attached hydrogens (tertiary/aromatic N) is 2. The highest BCUT2D eigenvalue weighted by Gasteiger charge is 2.02. The molecule has 1 aromatic heterocycles. The molecule has 0 radical (unpaired) electrons.